The molecule has 30 heavy (non-hydrogen) atoms. The van der Waals surface area contributed by atoms with Crippen molar-refractivity contribution in [1.82, 2.24) is 15.5 Å². The monoisotopic (exact) mass is 415 g/mol. The first kappa shape index (κ1) is 20.3. The van der Waals surface area contributed by atoms with Gasteiger partial charge in [-0.05, 0) is 61.6 Å². The Morgan fingerprint density at radius 2 is 1.90 bits per heavy atom. The van der Waals surface area contributed by atoms with E-state index in [1.165, 1.54) is 12.3 Å². The molecular formula is C22H20F3N3O2. The van der Waals surface area contributed by atoms with Crippen molar-refractivity contribution in [1.29, 1.82) is 0 Å². The number of hydrogen-bond donors (Lipinski definition) is 2. The van der Waals surface area contributed by atoms with Crippen LogP contribution in [-0.2, 0) is 5.60 Å². The van der Waals surface area contributed by atoms with Gasteiger partial charge in [0.2, 0.25) is 5.60 Å². The first-order valence-corrected chi connectivity index (χ1v) is 9.55. The van der Waals surface area contributed by atoms with E-state index in [0.29, 0.717) is 17.9 Å². The molecule has 1 heterocycles. The molecule has 3 aromatic rings. The van der Waals surface area contributed by atoms with Crippen molar-refractivity contribution in [2.24, 2.45) is 0 Å². The van der Waals surface area contributed by atoms with Crippen molar-refractivity contribution in [2.75, 3.05) is 0 Å². The molecule has 2 aromatic carbocycles. The van der Waals surface area contributed by atoms with Crippen LogP contribution in [0, 0.1) is 6.92 Å². The third kappa shape index (κ3) is 3.63. The second kappa shape index (κ2) is 7.05. The Balaban J connectivity index is 1.77. The second-order valence-electron chi connectivity index (χ2n) is 7.84. The summed E-state index contributed by atoms with van der Waals surface area (Å²) in [5.74, 6) is -0.145. The molecule has 8 heteroatoms. The summed E-state index contributed by atoms with van der Waals surface area (Å²) >= 11 is 0. The van der Waals surface area contributed by atoms with Crippen LogP contribution in [0.4, 0.5) is 13.2 Å². The van der Waals surface area contributed by atoms with Gasteiger partial charge in [-0.25, -0.2) is 0 Å². The van der Waals surface area contributed by atoms with Gasteiger partial charge in [0.25, 0.3) is 5.91 Å². The molecule has 156 valence electrons. The lowest BCUT2D eigenvalue weighted by Gasteiger charge is -2.26. The van der Waals surface area contributed by atoms with Gasteiger partial charge in [0.05, 0.1) is 6.20 Å². The van der Waals surface area contributed by atoms with Crippen LogP contribution in [0.3, 0.4) is 0 Å². The smallest absolute Gasteiger partial charge is 0.375 e. The zero-order valence-electron chi connectivity index (χ0n) is 16.4. The van der Waals surface area contributed by atoms with Gasteiger partial charge in [0.1, 0.15) is 5.69 Å². The number of benzene rings is 2. The number of carbonyl (C=O) groups excluding carboxylic acids is 1. The minimum absolute atomic E-state index is 0.145. The first-order chi connectivity index (χ1) is 14.1. The molecule has 2 N–H and O–H groups in total. The Hall–Kier alpha value is -3.00. The van der Waals surface area contributed by atoms with Gasteiger partial charge in [-0.2, -0.15) is 23.4 Å². The Morgan fingerprint density at radius 3 is 2.57 bits per heavy atom. The molecule has 5 nitrogen and oxygen atoms in total. The number of hydrogen-bond acceptors (Lipinski definition) is 4. The van der Waals surface area contributed by atoms with Crippen LogP contribution in [0.25, 0.3) is 21.9 Å². The van der Waals surface area contributed by atoms with E-state index in [1.807, 2.05) is 13.0 Å². The van der Waals surface area contributed by atoms with Gasteiger partial charge in [-0.3, -0.25) is 4.79 Å². The Kier molecular flexibility index (Phi) is 4.77. The van der Waals surface area contributed by atoms with E-state index in [1.54, 1.807) is 24.3 Å². The van der Waals surface area contributed by atoms with Gasteiger partial charge in [-0.1, -0.05) is 18.2 Å². The van der Waals surface area contributed by atoms with Crippen molar-refractivity contribution in [2.45, 2.75) is 44.5 Å². The number of carbonyl (C=O) groups is 1. The summed E-state index contributed by atoms with van der Waals surface area (Å²) < 4.78 is 39.9. The highest BCUT2D eigenvalue weighted by Crippen LogP contribution is 2.40. The highest BCUT2D eigenvalue weighted by Gasteiger charge is 2.53. The van der Waals surface area contributed by atoms with Crippen molar-refractivity contribution in [3.63, 3.8) is 0 Å². The summed E-state index contributed by atoms with van der Waals surface area (Å²) in [6.45, 7) is 2.56. The van der Waals surface area contributed by atoms with Gasteiger partial charge in [0.15, 0.2) is 0 Å². The SMILES string of the molecule is Cc1ccc(C(=O)NC2CC2)cc1-c1ccc2c(C(C)(O)C(F)(F)F)nncc2c1. The standard InChI is InChI=1S/C22H20F3N3O2/c1-12-3-4-14(20(29)27-16-6-7-16)10-18(12)13-5-8-17-15(9-13)11-26-28-19(17)21(2,30)22(23,24)25/h3-5,8-11,16,30H,6-7H2,1-2H3,(H,27,29). The fourth-order valence-electron chi connectivity index (χ4n) is 3.32. The maximum atomic E-state index is 13.3. The Morgan fingerprint density at radius 1 is 1.17 bits per heavy atom. The van der Waals surface area contributed by atoms with E-state index in [4.69, 9.17) is 0 Å². The van der Waals surface area contributed by atoms with Crippen molar-refractivity contribution < 1.29 is 23.1 Å². The fourth-order valence-corrected chi connectivity index (χ4v) is 3.32. The molecule has 0 aliphatic heterocycles. The average molecular weight is 415 g/mol. The van der Waals surface area contributed by atoms with Gasteiger partial charge >= 0.3 is 6.18 Å². The molecular weight excluding hydrogens is 395 g/mol. The van der Waals surface area contributed by atoms with Gasteiger partial charge in [-0.15, -0.1) is 0 Å². The summed E-state index contributed by atoms with van der Waals surface area (Å²) in [5.41, 5.74) is -0.711. The molecule has 0 spiro atoms. The number of nitrogens with one attached hydrogen (secondary N) is 1. The zero-order chi connectivity index (χ0) is 21.7. The second-order valence-corrected chi connectivity index (χ2v) is 7.84. The van der Waals surface area contributed by atoms with Crippen LogP contribution < -0.4 is 5.32 Å². The molecule has 1 fully saturated rings. The predicted molar refractivity (Wildman–Crippen MR) is 106 cm³/mol. The Bertz CT molecular complexity index is 1140. The number of fused-ring (bicyclic) bond motifs is 1. The normalized spacial score (nSPS) is 16.3. The number of aliphatic hydroxyl groups is 1. The van der Waals surface area contributed by atoms with Crippen LogP contribution in [-0.4, -0.2) is 33.4 Å². The number of halogens is 3. The van der Waals surface area contributed by atoms with E-state index in [0.717, 1.165) is 29.5 Å². The molecule has 1 amide bonds. The van der Waals surface area contributed by atoms with Crippen LogP contribution in [0.15, 0.2) is 42.6 Å². The molecule has 0 saturated heterocycles. The average Bonchev–Trinajstić information content (AvgIpc) is 3.50. The number of alkyl halides is 3. The molecule has 1 atom stereocenters. The number of aryl methyl sites for hydroxylation is 1. The van der Waals surface area contributed by atoms with E-state index >= 15 is 0 Å². The fraction of sp³-hybridized carbons (Fsp3) is 0.318. The summed E-state index contributed by atoms with van der Waals surface area (Å²) in [6, 6.07) is 10.4. The summed E-state index contributed by atoms with van der Waals surface area (Å²) in [7, 11) is 0. The van der Waals surface area contributed by atoms with E-state index in [-0.39, 0.29) is 17.3 Å². The quantitative estimate of drug-likeness (QED) is 0.668. The van der Waals surface area contributed by atoms with Gasteiger partial charge < -0.3 is 10.4 Å². The number of rotatable bonds is 4. The molecule has 1 saturated carbocycles. The summed E-state index contributed by atoms with van der Waals surface area (Å²) in [5, 5.41) is 20.8. The minimum atomic E-state index is -4.89. The van der Waals surface area contributed by atoms with E-state index in [2.05, 4.69) is 15.5 Å². The lowest BCUT2D eigenvalue weighted by atomic mass is 9.93. The largest absolute Gasteiger partial charge is 0.422 e. The van der Waals surface area contributed by atoms with Crippen LogP contribution in [0.2, 0.25) is 0 Å². The molecule has 4 rings (SSSR count). The number of nitrogens with zero attached hydrogens (tertiary/aromatic N) is 2. The molecule has 1 unspecified atom stereocenters. The number of aromatic nitrogens is 2. The molecule has 1 aromatic heterocycles. The maximum absolute atomic E-state index is 13.3. The number of amides is 1. The molecule has 0 bridgehead atoms. The predicted octanol–water partition coefficient (Wildman–Crippen LogP) is 4.27. The molecule has 1 aliphatic rings. The third-order valence-electron chi connectivity index (χ3n) is 5.40. The van der Waals surface area contributed by atoms with E-state index in [9.17, 15) is 23.1 Å². The van der Waals surface area contributed by atoms with E-state index < -0.39 is 17.5 Å². The Labute approximate surface area is 170 Å². The van der Waals surface area contributed by atoms with Crippen LogP contribution >= 0.6 is 0 Å². The van der Waals surface area contributed by atoms with Crippen molar-refractivity contribution in [3.05, 3.63) is 59.4 Å². The lowest BCUT2D eigenvalue weighted by molar-refractivity contribution is -0.260. The summed E-state index contributed by atoms with van der Waals surface area (Å²) in [6.07, 6.45) is -1.57. The van der Waals surface area contributed by atoms with Crippen molar-refractivity contribution >= 4 is 16.7 Å². The van der Waals surface area contributed by atoms with Crippen LogP contribution in [0.1, 0.15) is 41.4 Å². The molecule has 1 aliphatic carbocycles. The molecule has 0 radical (unpaired) electrons. The maximum Gasteiger partial charge on any atom is 0.422 e. The van der Waals surface area contributed by atoms with Crippen molar-refractivity contribution in [3.8, 4) is 11.1 Å². The zero-order valence-corrected chi connectivity index (χ0v) is 16.4. The van der Waals surface area contributed by atoms with Gasteiger partial charge in [0, 0.05) is 22.4 Å². The van der Waals surface area contributed by atoms with Crippen LogP contribution in [0.5, 0.6) is 0 Å². The topological polar surface area (TPSA) is 75.1 Å². The first-order valence-electron chi connectivity index (χ1n) is 9.55. The third-order valence-corrected chi connectivity index (χ3v) is 5.40. The highest BCUT2D eigenvalue weighted by molar-refractivity contribution is 5.97. The highest BCUT2D eigenvalue weighted by atomic mass is 19.4. The lowest BCUT2D eigenvalue weighted by Crippen LogP contribution is -2.40. The minimum Gasteiger partial charge on any atom is -0.375 e. The summed E-state index contributed by atoms with van der Waals surface area (Å²) in [4.78, 5) is 12.4.